The number of nitrogens with one attached hydrogen (secondary N) is 1. The quantitative estimate of drug-likeness (QED) is 0.606. The molecule has 0 saturated carbocycles. The predicted molar refractivity (Wildman–Crippen MR) is 60.0 cm³/mol. The van der Waals surface area contributed by atoms with E-state index in [-0.39, 0.29) is 0 Å². The van der Waals surface area contributed by atoms with Crippen LogP contribution in [0.15, 0.2) is 18.3 Å². The van der Waals surface area contributed by atoms with Crippen LogP contribution in [-0.2, 0) is 0 Å². The molecule has 0 spiro atoms. The number of hydrogen-bond donors (Lipinski definition) is 2. The normalized spacial score (nSPS) is 11.1. The third kappa shape index (κ3) is 0.964. The minimum Gasteiger partial charge on any atom is -0.394 e. The second kappa shape index (κ2) is 3.02. The van der Waals surface area contributed by atoms with E-state index in [4.69, 9.17) is 5.73 Å². The SMILES string of the molecule is CNc1c(N)c2nnnn2c2ncccc12. The molecule has 7 nitrogen and oxygen atoms in total. The van der Waals surface area contributed by atoms with E-state index in [1.165, 1.54) is 4.52 Å². The number of anilines is 2. The summed E-state index contributed by atoms with van der Waals surface area (Å²) in [4.78, 5) is 4.26. The van der Waals surface area contributed by atoms with Crippen LogP contribution in [0.4, 0.5) is 11.4 Å². The highest BCUT2D eigenvalue weighted by molar-refractivity contribution is 6.00. The fourth-order valence-corrected chi connectivity index (χ4v) is 1.78. The van der Waals surface area contributed by atoms with Crippen molar-refractivity contribution in [3.05, 3.63) is 18.3 Å². The van der Waals surface area contributed by atoms with Gasteiger partial charge in [0.1, 0.15) is 5.69 Å². The lowest BCUT2D eigenvalue weighted by Gasteiger charge is -2.09. The zero-order valence-electron chi connectivity index (χ0n) is 8.55. The summed E-state index contributed by atoms with van der Waals surface area (Å²) >= 11 is 0. The Bertz CT molecular complexity index is 672. The van der Waals surface area contributed by atoms with E-state index in [0.717, 1.165) is 11.1 Å². The van der Waals surface area contributed by atoms with Gasteiger partial charge in [0, 0.05) is 18.6 Å². The van der Waals surface area contributed by atoms with Crippen molar-refractivity contribution in [3.63, 3.8) is 0 Å². The average Bonchev–Trinajstić information content (AvgIpc) is 2.79. The highest BCUT2D eigenvalue weighted by Gasteiger charge is 2.13. The molecule has 0 saturated heterocycles. The molecule has 3 aromatic heterocycles. The number of fused-ring (bicyclic) bond motifs is 3. The number of tetrazole rings is 1. The van der Waals surface area contributed by atoms with Crippen molar-refractivity contribution in [1.82, 2.24) is 25.0 Å². The summed E-state index contributed by atoms with van der Waals surface area (Å²) in [6, 6.07) is 3.77. The summed E-state index contributed by atoms with van der Waals surface area (Å²) in [5, 5.41) is 15.3. The van der Waals surface area contributed by atoms with E-state index in [2.05, 4.69) is 25.8 Å². The van der Waals surface area contributed by atoms with Crippen LogP contribution in [0.5, 0.6) is 0 Å². The Morgan fingerprint density at radius 1 is 1.38 bits per heavy atom. The minimum absolute atomic E-state index is 0.510. The van der Waals surface area contributed by atoms with E-state index < -0.39 is 0 Å². The summed E-state index contributed by atoms with van der Waals surface area (Å²) in [7, 11) is 1.80. The Balaban J connectivity index is 2.64. The highest BCUT2D eigenvalue weighted by Crippen LogP contribution is 2.30. The predicted octanol–water partition coefficient (Wildman–Crippen LogP) is 0.296. The second-order valence-electron chi connectivity index (χ2n) is 3.33. The van der Waals surface area contributed by atoms with Crippen molar-refractivity contribution in [2.45, 2.75) is 0 Å². The first-order valence-corrected chi connectivity index (χ1v) is 4.75. The number of nitrogens with two attached hydrogens (primary N) is 1. The fourth-order valence-electron chi connectivity index (χ4n) is 1.78. The average molecular weight is 215 g/mol. The maximum Gasteiger partial charge on any atom is 0.206 e. The van der Waals surface area contributed by atoms with Gasteiger partial charge in [0.2, 0.25) is 5.65 Å². The van der Waals surface area contributed by atoms with E-state index >= 15 is 0 Å². The van der Waals surface area contributed by atoms with Gasteiger partial charge >= 0.3 is 0 Å². The molecule has 16 heavy (non-hydrogen) atoms. The number of pyridine rings is 2. The molecule has 0 radical (unpaired) electrons. The molecule has 0 aliphatic rings. The first kappa shape index (κ1) is 8.84. The third-order valence-electron chi connectivity index (χ3n) is 2.49. The fraction of sp³-hybridized carbons (Fsp3) is 0.111. The first-order chi connectivity index (χ1) is 7.83. The zero-order chi connectivity index (χ0) is 11.1. The Morgan fingerprint density at radius 2 is 2.25 bits per heavy atom. The van der Waals surface area contributed by atoms with Crippen molar-refractivity contribution in [2.75, 3.05) is 18.1 Å². The first-order valence-electron chi connectivity index (χ1n) is 4.75. The number of nitrogens with zero attached hydrogens (tertiary/aromatic N) is 5. The Hall–Kier alpha value is -2.44. The van der Waals surface area contributed by atoms with Crippen LogP contribution in [0, 0.1) is 0 Å². The molecule has 0 fully saturated rings. The summed E-state index contributed by atoms with van der Waals surface area (Å²) in [6.07, 6.45) is 1.69. The summed E-state index contributed by atoms with van der Waals surface area (Å²) in [5.74, 6) is 0. The van der Waals surface area contributed by atoms with Crippen LogP contribution in [-0.4, -0.2) is 32.1 Å². The molecule has 3 aromatic rings. The highest BCUT2D eigenvalue weighted by atomic mass is 15.5. The monoisotopic (exact) mass is 215 g/mol. The van der Waals surface area contributed by atoms with Gasteiger partial charge in [-0.3, -0.25) is 0 Å². The van der Waals surface area contributed by atoms with Crippen molar-refractivity contribution in [1.29, 1.82) is 0 Å². The van der Waals surface area contributed by atoms with Crippen LogP contribution in [0.3, 0.4) is 0 Å². The van der Waals surface area contributed by atoms with Gasteiger partial charge in [-0.25, -0.2) is 4.98 Å². The lowest BCUT2D eigenvalue weighted by Crippen LogP contribution is -2.03. The summed E-state index contributed by atoms with van der Waals surface area (Å²) in [5.41, 5.74) is 8.50. The van der Waals surface area contributed by atoms with Crippen molar-refractivity contribution in [3.8, 4) is 0 Å². The van der Waals surface area contributed by atoms with Gasteiger partial charge in [-0.15, -0.1) is 5.10 Å². The largest absolute Gasteiger partial charge is 0.394 e. The molecule has 3 rings (SSSR count). The third-order valence-corrected chi connectivity index (χ3v) is 2.49. The molecule has 3 heterocycles. The zero-order valence-corrected chi connectivity index (χ0v) is 8.55. The smallest absolute Gasteiger partial charge is 0.206 e. The number of nitrogen functional groups attached to an aromatic ring is 1. The number of aromatic nitrogens is 5. The van der Waals surface area contributed by atoms with E-state index in [1.54, 1.807) is 13.2 Å². The molecule has 3 N–H and O–H groups in total. The Kier molecular flexibility index (Phi) is 1.67. The van der Waals surface area contributed by atoms with E-state index in [9.17, 15) is 0 Å². The van der Waals surface area contributed by atoms with Gasteiger partial charge < -0.3 is 11.1 Å². The maximum absolute atomic E-state index is 5.99. The summed E-state index contributed by atoms with van der Waals surface area (Å²) in [6.45, 7) is 0. The second-order valence-corrected chi connectivity index (χ2v) is 3.33. The van der Waals surface area contributed by atoms with Gasteiger partial charge in [0.15, 0.2) is 5.65 Å². The van der Waals surface area contributed by atoms with Crippen LogP contribution in [0.2, 0.25) is 0 Å². The van der Waals surface area contributed by atoms with Gasteiger partial charge in [-0.1, -0.05) is 0 Å². The Morgan fingerprint density at radius 3 is 3.06 bits per heavy atom. The molecule has 0 bridgehead atoms. The van der Waals surface area contributed by atoms with Gasteiger partial charge in [-0.2, -0.15) is 4.52 Å². The van der Waals surface area contributed by atoms with E-state index in [0.29, 0.717) is 17.0 Å². The van der Waals surface area contributed by atoms with Crippen LogP contribution in [0.25, 0.3) is 16.7 Å². The molecule has 0 aliphatic heterocycles. The molecule has 0 amide bonds. The van der Waals surface area contributed by atoms with Crippen LogP contribution in [0.1, 0.15) is 0 Å². The lowest BCUT2D eigenvalue weighted by atomic mass is 10.2. The molecule has 0 unspecified atom stereocenters. The minimum atomic E-state index is 0.510. The van der Waals surface area contributed by atoms with Crippen LogP contribution < -0.4 is 11.1 Å². The lowest BCUT2D eigenvalue weighted by molar-refractivity contribution is 0.835. The van der Waals surface area contributed by atoms with Crippen molar-refractivity contribution >= 4 is 28.1 Å². The van der Waals surface area contributed by atoms with Crippen molar-refractivity contribution in [2.24, 2.45) is 0 Å². The van der Waals surface area contributed by atoms with Gasteiger partial charge in [0.25, 0.3) is 0 Å². The molecular weight excluding hydrogens is 206 g/mol. The topological polar surface area (TPSA) is 94.0 Å². The Labute approximate surface area is 90.3 Å². The van der Waals surface area contributed by atoms with Crippen LogP contribution >= 0.6 is 0 Å². The molecule has 0 aromatic carbocycles. The van der Waals surface area contributed by atoms with E-state index in [1.807, 2.05) is 12.1 Å². The molecular formula is C9H9N7. The summed E-state index contributed by atoms with van der Waals surface area (Å²) < 4.78 is 1.53. The number of hydrogen-bond acceptors (Lipinski definition) is 6. The van der Waals surface area contributed by atoms with Gasteiger partial charge in [0.05, 0.1) is 5.69 Å². The van der Waals surface area contributed by atoms with Gasteiger partial charge in [-0.05, 0) is 22.6 Å². The molecule has 0 atom stereocenters. The number of rotatable bonds is 1. The molecule has 7 heteroatoms. The molecule has 80 valence electrons. The standard InChI is InChI=1S/C9H9N7/c1-11-7-5-3-2-4-12-8(5)16-9(6(7)10)13-14-15-16/h2-4,11H,10H2,1H3. The maximum atomic E-state index is 5.99. The van der Waals surface area contributed by atoms with Crippen molar-refractivity contribution < 1.29 is 0 Å². The molecule has 0 aliphatic carbocycles.